The largest absolute Gasteiger partial charge is 0.322 e. The predicted octanol–water partition coefficient (Wildman–Crippen LogP) is 6.11. The van der Waals surface area contributed by atoms with Crippen molar-refractivity contribution in [3.63, 3.8) is 0 Å². The first-order chi connectivity index (χ1) is 16.4. The molecule has 3 aromatic carbocycles. The van der Waals surface area contributed by atoms with Crippen molar-refractivity contribution in [3.05, 3.63) is 94.1 Å². The van der Waals surface area contributed by atoms with E-state index in [1.165, 1.54) is 0 Å². The number of rotatable bonds is 8. The lowest BCUT2D eigenvalue weighted by atomic mass is 10.0. The van der Waals surface area contributed by atoms with Gasteiger partial charge >= 0.3 is 0 Å². The molecule has 1 amide bonds. The topological polar surface area (TPSA) is 57.3 Å². The quantitative estimate of drug-likeness (QED) is 0.291. The van der Waals surface area contributed by atoms with Gasteiger partial charge < -0.3 is 15.5 Å². The summed E-state index contributed by atoms with van der Waals surface area (Å²) in [5.41, 5.74) is 3.57. The van der Waals surface area contributed by atoms with Crippen LogP contribution in [0.25, 0.3) is 22.0 Å². The Morgan fingerprint density at radius 1 is 0.971 bits per heavy atom. The third kappa shape index (κ3) is 5.75. The number of hydrogen-bond acceptors (Lipinski definition) is 4. The van der Waals surface area contributed by atoms with Gasteiger partial charge in [-0.15, -0.1) is 0 Å². The van der Waals surface area contributed by atoms with Gasteiger partial charge in [0.15, 0.2) is 0 Å². The molecule has 0 unspecified atom stereocenters. The molecule has 174 valence electrons. The van der Waals surface area contributed by atoms with Crippen LogP contribution in [0.3, 0.4) is 0 Å². The molecule has 0 aliphatic carbocycles. The SMILES string of the molecule is CN(C)CCNCc1ccc(C(=O)Nc2ccc(Cl)c(-c3nccc4ccccc34)c2)c(Cl)c1. The van der Waals surface area contributed by atoms with Gasteiger partial charge in [0.1, 0.15) is 0 Å². The highest BCUT2D eigenvalue weighted by Gasteiger charge is 2.14. The van der Waals surface area contributed by atoms with Gasteiger partial charge in [0.05, 0.1) is 21.3 Å². The fourth-order valence-electron chi connectivity index (χ4n) is 3.71. The van der Waals surface area contributed by atoms with Crippen molar-refractivity contribution in [2.75, 3.05) is 32.5 Å². The minimum absolute atomic E-state index is 0.281. The lowest BCUT2D eigenvalue weighted by Crippen LogP contribution is -2.26. The van der Waals surface area contributed by atoms with Crippen LogP contribution in [0.1, 0.15) is 15.9 Å². The molecule has 4 rings (SSSR count). The lowest BCUT2D eigenvalue weighted by Gasteiger charge is -2.13. The highest BCUT2D eigenvalue weighted by Crippen LogP contribution is 2.34. The normalized spacial score (nSPS) is 11.2. The predicted molar refractivity (Wildman–Crippen MR) is 142 cm³/mol. The van der Waals surface area contributed by atoms with E-state index in [1.807, 2.05) is 62.6 Å². The number of pyridine rings is 1. The summed E-state index contributed by atoms with van der Waals surface area (Å²) in [6.07, 6.45) is 1.76. The van der Waals surface area contributed by atoms with Crippen molar-refractivity contribution in [2.24, 2.45) is 0 Å². The molecule has 0 saturated carbocycles. The molecule has 0 bridgehead atoms. The number of nitrogens with zero attached hydrogens (tertiary/aromatic N) is 2. The summed E-state index contributed by atoms with van der Waals surface area (Å²) in [6, 6.07) is 20.8. The summed E-state index contributed by atoms with van der Waals surface area (Å²) in [7, 11) is 4.07. The van der Waals surface area contributed by atoms with E-state index in [1.54, 1.807) is 24.4 Å². The first kappa shape index (κ1) is 24.2. The average Bonchev–Trinajstić information content (AvgIpc) is 2.82. The number of benzene rings is 3. The summed E-state index contributed by atoms with van der Waals surface area (Å²) in [6.45, 7) is 2.51. The Morgan fingerprint density at radius 3 is 2.59 bits per heavy atom. The fourth-order valence-corrected chi connectivity index (χ4v) is 4.20. The zero-order valence-corrected chi connectivity index (χ0v) is 20.6. The van der Waals surface area contributed by atoms with Gasteiger partial charge in [-0.25, -0.2) is 0 Å². The molecule has 0 radical (unpaired) electrons. The molecule has 0 aliphatic rings. The van der Waals surface area contributed by atoms with E-state index < -0.39 is 0 Å². The standard InChI is InChI=1S/C27H26Cl2N4O/c1-33(2)14-13-30-17-18-7-9-22(25(29)15-18)27(34)32-20-8-10-24(28)23(16-20)26-21-6-4-3-5-19(21)11-12-31-26/h3-12,15-16,30H,13-14,17H2,1-2H3,(H,32,34). The number of aromatic nitrogens is 1. The maximum absolute atomic E-state index is 13.0. The van der Waals surface area contributed by atoms with Gasteiger partial charge in [0.2, 0.25) is 0 Å². The van der Waals surface area contributed by atoms with Crippen LogP contribution in [0, 0.1) is 0 Å². The van der Waals surface area contributed by atoms with Crippen LogP contribution in [-0.4, -0.2) is 43.0 Å². The number of halogens is 2. The second kappa shape index (κ2) is 11.0. The van der Waals surface area contributed by atoms with E-state index in [-0.39, 0.29) is 5.91 Å². The average molecular weight is 493 g/mol. The van der Waals surface area contributed by atoms with Crippen molar-refractivity contribution in [1.82, 2.24) is 15.2 Å². The first-order valence-corrected chi connectivity index (χ1v) is 11.8. The van der Waals surface area contributed by atoms with Crippen molar-refractivity contribution in [3.8, 4) is 11.3 Å². The van der Waals surface area contributed by atoms with Gasteiger partial charge in [0.25, 0.3) is 5.91 Å². The molecule has 5 nitrogen and oxygen atoms in total. The Hall–Kier alpha value is -2.96. The number of carbonyl (C=O) groups excluding carboxylic acids is 1. The van der Waals surface area contributed by atoms with E-state index >= 15 is 0 Å². The number of carbonyl (C=O) groups is 1. The molecule has 0 spiro atoms. The van der Waals surface area contributed by atoms with Gasteiger partial charge in [0, 0.05) is 42.5 Å². The molecule has 1 aromatic heterocycles. The smallest absolute Gasteiger partial charge is 0.257 e. The summed E-state index contributed by atoms with van der Waals surface area (Å²) in [5, 5.41) is 9.34. The summed E-state index contributed by atoms with van der Waals surface area (Å²) in [4.78, 5) is 19.6. The number of nitrogens with one attached hydrogen (secondary N) is 2. The van der Waals surface area contributed by atoms with E-state index in [2.05, 4.69) is 20.5 Å². The molecule has 34 heavy (non-hydrogen) atoms. The van der Waals surface area contributed by atoms with Crippen molar-refractivity contribution in [2.45, 2.75) is 6.54 Å². The number of hydrogen-bond donors (Lipinski definition) is 2. The maximum Gasteiger partial charge on any atom is 0.257 e. The minimum atomic E-state index is -0.281. The minimum Gasteiger partial charge on any atom is -0.322 e. The molecule has 0 atom stereocenters. The number of amides is 1. The molecule has 2 N–H and O–H groups in total. The molecule has 1 heterocycles. The van der Waals surface area contributed by atoms with E-state index in [4.69, 9.17) is 23.2 Å². The zero-order valence-electron chi connectivity index (χ0n) is 19.1. The molecule has 7 heteroatoms. The van der Waals surface area contributed by atoms with Gasteiger partial charge in [-0.2, -0.15) is 0 Å². The molecule has 0 aliphatic heterocycles. The van der Waals surface area contributed by atoms with Crippen molar-refractivity contribution < 1.29 is 4.79 Å². The van der Waals surface area contributed by atoms with Gasteiger partial charge in [-0.3, -0.25) is 9.78 Å². The van der Waals surface area contributed by atoms with Crippen LogP contribution in [-0.2, 0) is 6.54 Å². The van der Waals surface area contributed by atoms with Crippen LogP contribution in [0.15, 0.2) is 72.9 Å². The third-order valence-corrected chi connectivity index (χ3v) is 6.14. The molecule has 4 aromatic rings. The van der Waals surface area contributed by atoms with Crippen LogP contribution in [0.5, 0.6) is 0 Å². The fraction of sp³-hybridized carbons (Fsp3) is 0.185. The third-order valence-electron chi connectivity index (χ3n) is 5.50. The summed E-state index contributed by atoms with van der Waals surface area (Å²) in [5.74, 6) is -0.281. The van der Waals surface area contributed by atoms with Crippen molar-refractivity contribution >= 4 is 45.6 Å². The molecular formula is C27H26Cl2N4O. The first-order valence-electron chi connectivity index (χ1n) is 11.0. The summed E-state index contributed by atoms with van der Waals surface area (Å²) < 4.78 is 0. The number of likely N-dealkylation sites (N-methyl/N-ethyl adjacent to an activating group) is 1. The lowest BCUT2D eigenvalue weighted by molar-refractivity contribution is 0.102. The van der Waals surface area contributed by atoms with E-state index in [0.29, 0.717) is 27.8 Å². The van der Waals surface area contributed by atoms with Gasteiger partial charge in [-0.1, -0.05) is 53.5 Å². The molecule has 0 fully saturated rings. The number of anilines is 1. The Bertz CT molecular complexity index is 1320. The van der Waals surface area contributed by atoms with Gasteiger partial charge in [-0.05, 0) is 61.4 Å². The van der Waals surface area contributed by atoms with Crippen molar-refractivity contribution in [1.29, 1.82) is 0 Å². The van der Waals surface area contributed by atoms with E-state index in [9.17, 15) is 4.79 Å². The maximum atomic E-state index is 13.0. The van der Waals surface area contributed by atoms with Crippen LogP contribution in [0.4, 0.5) is 5.69 Å². The van der Waals surface area contributed by atoms with E-state index in [0.717, 1.165) is 40.7 Å². The zero-order chi connectivity index (χ0) is 24.1. The molecule has 0 saturated heterocycles. The Morgan fingerprint density at radius 2 is 1.79 bits per heavy atom. The van der Waals surface area contributed by atoms with Crippen LogP contribution < -0.4 is 10.6 Å². The Labute approximate surface area is 209 Å². The highest BCUT2D eigenvalue weighted by molar-refractivity contribution is 6.35. The Kier molecular flexibility index (Phi) is 7.80. The Balaban J connectivity index is 1.52. The number of fused-ring (bicyclic) bond motifs is 1. The monoisotopic (exact) mass is 492 g/mol. The van der Waals surface area contributed by atoms with Crippen LogP contribution >= 0.6 is 23.2 Å². The second-order valence-corrected chi connectivity index (χ2v) is 9.14. The van der Waals surface area contributed by atoms with Crippen LogP contribution in [0.2, 0.25) is 10.0 Å². The molecular weight excluding hydrogens is 467 g/mol. The highest BCUT2D eigenvalue weighted by atomic mass is 35.5. The summed E-state index contributed by atoms with van der Waals surface area (Å²) >= 11 is 13.0. The second-order valence-electron chi connectivity index (χ2n) is 8.32.